The van der Waals surface area contributed by atoms with Crippen LogP contribution in [-0.4, -0.2) is 22.5 Å². The normalized spacial score (nSPS) is 16.3. The average Bonchev–Trinajstić information content (AvgIpc) is 2.68. The monoisotopic (exact) mass is 329 g/mol. The summed E-state index contributed by atoms with van der Waals surface area (Å²) in [5.74, 6) is 0. The van der Waals surface area contributed by atoms with Crippen molar-refractivity contribution in [2.75, 3.05) is 6.54 Å². The first-order chi connectivity index (χ1) is 12.2. The summed E-state index contributed by atoms with van der Waals surface area (Å²) in [5, 5.41) is 0. The minimum atomic E-state index is -0.397. The molecule has 0 bridgehead atoms. The van der Waals surface area contributed by atoms with Gasteiger partial charge in [-0.05, 0) is 40.3 Å². The fourth-order valence-electron chi connectivity index (χ4n) is 3.57. The first-order valence-corrected chi connectivity index (χ1v) is 8.38. The van der Waals surface area contributed by atoms with E-state index in [1.54, 1.807) is 17.3 Å². The molecule has 1 aliphatic heterocycles. The molecule has 1 aromatic heterocycles. The highest BCUT2D eigenvalue weighted by Crippen LogP contribution is 2.36. The van der Waals surface area contributed by atoms with E-state index in [1.165, 1.54) is 16.7 Å². The number of nitrogens with two attached hydrogens (primary N) is 1. The Morgan fingerprint density at radius 3 is 2.60 bits per heavy atom. The number of aromatic nitrogens is 1. The van der Waals surface area contributed by atoms with Crippen LogP contribution in [0, 0.1) is 0 Å². The van der Waals surface area contributed by atoms with Crippen LogP contribution in [0.25, 0.3) is 11.1 Å². The molecule has 1 atom stereocenters. The molecule has 0 radical (unpaired) electrons. The van der Waals surface area contributed by atoms with Gasteiger partial charge in [-0.3, -0.25) is 4.98 Å². The van der Waals surface area contributed by atoms with Gasteiger partial charge in [-0.2, -0.15) is 0 Å². The lowest BCUT2D eigenvalue weighted by Gasteiger charge is -2.36. The molecule has 1 aliphatic rings. The number of nitrogens with zero attached hydrogens (tertiary/aromatic N) is 2. The number of amides is 2. The molecule has 4 rings (SSSR count). The van der Waals surface area contributed by atoms with Crippen LogP contribution in [0.3, 0.4) is 0 Å². The SMILES string of the molecule is NC(=O)N1CCc2cc(-c3ccccc3)ccc2C1c1cccnc1. The van der Waals surface area contributed by atoms with E-state index in [-0.39, 0.29) is 6.04 Å². The second-order valence-electron chi connectivity index (χ2n) is 6.25. The minimum absolute atomic E-state index is 0.181. The summed E-state index contributed by atoms with van der Waals surface area (Å²) in [6, 6.07) is 20.1. The Labute approximate surface area is 146 Å². The highest BCUT2D eigenvalue weighted by atomic mass is 16.2. The number of carbonyl (C=O) groups is 1. The van der Waals surface area contributed by atoms with Gasteiger partial charge in [-0.1, -0.05) is 54.6 Å². The van der Waals surface area contributed by atoms with E-state index in [9.17, 15) is 4.79 Å². The van der Waals surface area contributed by atoms with Crippen molar-refractivity contribution in [2.45, 2.75) is 12.5 Å². The average molecular weight is 329 g/mol. The predicted molar refractivity (Wildman–Crippen MR) is 98.0 cm³/mol. The van der Waals surface area contributed by atoms with Gasteiger partial charge in [0.05, 0.1) is 6.04 Å². The number of benzene rings is 2. The summed E-state index contributed by atoms with van der Waals surface area (Å²) in [4.78, 5) is 17.9. The summed E-state index contributed by atoms with van der Waals surface area (Å²) in [7, 11) is 0. The summed E-state index contributed by atoms with van der Waals surface area (Å²) in [6.07, 6.45) is 4.34. The lowest BCUT2D eigenvalue weighted by atomic mass is 9.87. The highest BCUT2D eigenvalue weighted by Gasteiger charge is 2.31. The summed E-state index contributed by atoms with van der Waals surface area (Å²) in [6.45, 7) is 0.611. The number of hydrogen-bond acceptors (Lipinski definition) is 2. The molecule has 2 aromatic carbocycles. The molecule has 0 saturated carbocycles. The van der Waals surface area contributed by atoms with Gasteiger partial charge in [0.1, 0.15) is 0 Å². The standard InChI is InChI=1S/C21H19N3O/c22-21(25)24-12-10-17-13-16(15-5-2-1-3-6-15)8-9-19(17)20(24)18-7-4-11-23-14-18/h1-9,11,13-14,20H,10,12H2,(H2,22,25). The number of carbonyl (C=O) groups excluding carboxylic acids is 1. The van der Waals surface area contributed by atoms with Gasteiger partial charge in [0.15, 0.2) is 0 Å². The Morgan fingerprint density at radius 1 is 1.04 bits per heavy atom. The van der Waals surface area contributed by atoms with E-state index in [0.29, 0.717) is 6.54 Å². The third-order valence-corrected chi connectivity index (χ3v) is 4.76. The molecule has 0 aliphatic carbocycles. The van der Waals surface area contributed by atoms with Crippen molar-refractivity contribution in [1.82, 2.24) is 9.88 Å². The minimum Gasteiger partial charge on any atom is -0.351 e. The maximum atomic E-state index is 12.0. The quantitative estimate of drug-likeness (QED) is 0.778. The maximum Gasteiger partial charge on any atom is 0.315 e. The number of primary amides is 1. The number of urea groups is 1. The zero-order chi connectivity index (χ0) is 17.2. The molecule has 1 unspecified atom stereocenters. The van der Waals surface area contributed by atoms with Crippen LogP contribution in [0.2, 0.25) is 0 Å². The van der Waals surface area contributed by atoms with Crippen LogP contribution in [0.5, 0.6) is 0 Å². The molecular weight excluding hydrogens is 310 g/mol. The number of hydrogen-bond donors (Lipinski definition) is 1. The van der Waals surface area contributed by atoms with Crippen molar-refractivity contribution >= 4 is 6.03 Å². The largest absolute Gasteiger partial charge is 0.351 e. The first-order valence-electron chi connectivity index (χ1n) is 8.38. The van der Waals surface area contributed by atoms with Crippen LogP contribution in [-0.2, 0) is 6.42 Å². The lowest BCUT2D eigenvalue weighted by molar-refractivity contribution is 0.189. The van der Waals surface area contributed by atoms with Gasteiger partial charge in [-0.25, -0.2) is 4.79 Å². The van der Waals surface area contributed by atoms with Gasteiger partial charge in [0.25, 0.3) is 0 Å². The third kappa shape index (κ3) is 2.87. The van der Waals surface area contributed by atoms with Crippen molar-refractivity contribution < 1.29 is 4.79 Å². The Kier molecular flexibility index (Phi) is 3.94. The molecule has 25 heavy (non-hydrogen) atoms. The van der Waals surface area contributed by atoms with Gasteiger partial charge >= 0.3 is 6.03 Å². The molecule has 4 heteroatoms. The molecule has 2 heterocycles. The summed E-state index contributed by atoms with van der Waals surface area (Å²) >= 11 is 0. The molecule has 0 spiro atoms. The van der Waals surface area contributed by atoms with E-state index < -0.39 is 6.03 Å². The third-order valence-electron chi connectivity index (χ3n) is 4.76. The van der Waals surface area contributed by atoms with Crippen LogP contribution in [0.15, 0.2) is 73.1 Å². The van der Waals surface area contributed by atoms with Crippen LogP contribution in [0.4, 0.5) is 4.79 Å². The Morgan fingerprint density at radius 2 is 1.88 bits per heavy atom. The Balaban J connectivity index is 1.81. The number of fused-ring (bicyclic) bond motifs is 1. The Hall–Kier alpha value is -3.14. The van der Waals surface area contributed by atoms with Crippen molar-refractivity contribution in [3.05, 3.63) is 89.7 Å². The van der Waals surface area contributed by atoms with E-state index >= 15 is 0 Å². The zero-order valence-corrected chi connectivity index (χ0v) is 13.8. The molecule has 3 aromatic rings. The van der Waals surface area contributed by atoms with Crippen molar-refractivity contribution in [1.29, 1.82) is 0 Å². The Bertz CT molecular complexity index is 894. The van der Waals surface area contributed by atoms with Crippen molar-refractivity contribution in [3.63, 3.8) is 0 Å². The van der Waals surface area contributed by atoms with E-state index in [0.717, 1.165) is 17.5 Å². The van der Waals surface area contributed by atoms with E-state index in [1.807, 2.05) is 30.3 Å². The molecular formula is C21H19N3O. The molecule has 2 N–H and O–H groups in total. The fourth-order valence-corrected chi connectivity index (χ4v) is 3.57. The smallest absolute Gasteiger partial charge is 0.315 e. The van der Waals surface area contributed by atoms with E-state index in [2.05, 4.69) is 35.3 Å². The second kappa shape index (κ2) is 6.40. The van der Waals surface area contributed by atoms with Gasteiger partial charge in [0, 0.05) is 18.9 Å². The fraction of sp³-hybridized carbons (Fsp3) is 0.143. The lowest BCUT2D eigenvalue weighted by Crippen LogP contribution is -2.43. The first kappa shape index (κ1) is 15.4. The second-order valence-corrected chi connectivity index (χ2v) is 6.25. The summed E-state index contributed by atoms with van der Waals surface area (Å²) in [5.41, 5.74) is 11.4. The molecule has 0 saturated heterocycles. The van der Waals surface area contributed by atoms with Crippen molar-refractivity contribution in [3.8, 4) is 11.1 Å². The van der Waals surface area contributed by atoms with Crippen LogP contribution >= 0.6 is 0 Å². The molecule has 124 valence electrons. The van der Waals surface area contributed by atoms with Crippen LogP contribution < -0.4 is 5.73 Å². The zero-order valence-electron chi connectivity index (χ0n) is 13.8. The van der Waals surface area contributed by atoms with Gasteiger partial charge < -0.3 is 10.6 Å². The van der Waals surface area contributed by atoms with E-state index in [4.69, 9.17) is 5.73 Å². The number of pyridine rings is 1. The van der Waals surface area contributed by atoms with Gasteiger partial charge in [-0.15, -0.1) is 0 Å². The van der Waals surface area contributed by atoms with Gasteiger partial charge in [0.2, 0.25) is 0 Å². The van der Waals surface area contributed by atoms with Crippen molar-refractivity contribution in [2.24, 2.45) is 5.73 Å². The molecule has 0 fully saturated rings. The molecule has 2 amide bonds. The maximum absolute atomic E-state index is 12.0. The topological polar surface area (TPSA) is 59.2 Å². The number of rotatable bonds is 2. The predicted octanol–water partition coefficient (Wildman–Crippen LogP) is 3.77. The highest BCUT2D eigenvalue weighted by molar-refractivity contribution is 5.74. The van der Waals surface area contributed by atoms with Crippen LogP contribution in [0.1, 0.15) is 22.7 Å². The molecule has 4 nitrogen and oxygen atoms in total. The summed E-state index contributed by atoms with van der Waals surface area (Å²) < 4.78 is 0.